The smallest absolute Gasteiger partial charge is 0.235 e. The lowest BCUT2D eigenvalue weighted by molar-refractivity contribution is -0.113. The summed E-state index contributed by atoms with van der Waals surface area (Å²) in [5.41, 5.74) is 1.97. The monoisotopic (exact) mass is 277 g/mol. The van der Waals surface area contributed by atoms with Crippen molar-refractivity contribution in [2.24, 2.45) is 0 Å². The van der Waals surface area contributed by atoms with Crippen molar-refractivity contribution in [3.05, 3.63) is 15.8 Å². The topological polar surface area (TPSA) is 38.3 Å². The number of amides is 1. The van der Waals surface area contributed by atoms with Gasteiger partial charge in [-0.3, -0.25) is 4.79 Å². The molecule has 0 aliphatic carbocycles. The third-order valence-corrected chi connectivity index (χ3v) is 3.30. The summed E-state index contributed by atoms with van der Waals surface area (Å²) in [6, 6.07) is 0. The summed E-state index contributed by atoms with van der Waals surface area (Å²) in [6.45, 7) is 2.51. The van der Waals surface area contributed by atoms with Gasteiger partial charge in [-0.2, -0.15) is 0 Å². The fourth-order valence-electron chi connectivity index (χ4n) is 1.08. The number of carbonyl (C=O) groups excluding carboxylic acids is 1. The van der Waals surface area contributed by atoms with Crippen LogP contribution in [0.3, 0.4) is 0 Å². The molecule has 0 unspecified atom stereocenters. The molecule has 0 aromatic carbocycles. The Morgan fingerprint density at radius 3 is 3.00 bits per heavy atom. The summed E-state index contributed by atoms with van der Waals surface area (Å²) in [5.74, 6) is -0.0381. The maximum atomic E-state index is 11.2. The minimum absolute atomic E-state index is 0.0381. The van der Waals surface area contributed by atoms with Gasteiger partial charge in [0.15, 0.2) is 0 Å². The van der Waals surface area contributed by atoms with E-state index in [-0.39, 0.29) is 5.91 Å². The largest absolute Gasteiger partial charge is 0.379 e. The number of methoxy groups -OCH3 is 1. The van der Waals surface area contributed by atoms with Crippen LogP contribution in [-0.4, -0.2) is 18.3 Å². The van der Waals surface area contributed by atoms with Gasteiger partial charge in [0.05, 0.1) is 22.5 Å². The van der Waals surface area contributed by atoms with Gasteiger partial charge >= 0.3 is 0 Å². The molecule has 1 aromatic rings. The van der Waals surface area contributed by atoms with Crippen molar-refractivity contribution in [1.29, 1.82) is 0 Å². The Labute approximate surface area is 95.6 Å². The molecule has 1 rings (SSSR count). The Morgan fingerprint density at radius 1 is 1.71 bits per heavy atom. The van der Waals surface area contributed by atoms with Crippen molar-refractivity contribution >= 4 is 38.9 Å². The lowest BCUT2D eigenvalue weighted by Crippen LogP contribution is -2.13. The number of ether oxygens (including phenoxy) is 1. The third kappa shape index (κ3) is 2.80. The Kier molecular flexibility index (Phi) is 4.57. The summed E-state index contributed by atoms with van der Waals surface area (Å²) in [4.78, 5) is 12.2. The second-order valence-corrected chi connectivity index (χ2v) is 4.36. The summed E-state index contributed by atoms with van der Waals surface area (Å²) in [7, 11) is 1.64. The second kappa shape index (κ2) is 5.48. The predicted molar refractivity (Wildman–Crippen MR) is 62.2 cm³/mol. The van der Waals surface area contributed by atoms with E-state index in [1.54, 1.807) is 18.4 Å². The maximum absolute atomic E-state index is 11.2. The van der Waals surface area contributed by atoms with Crippen LogP contribution in [0.2, 0.25) is 0 Å². The van der Waals surface area contributed by atoms with E-state index in [0.29, 0.717) is 11.9 Å². The number of halogens is 1. The Hall–Kier alpha value is -0.390. The normalized spacial score (nSPS) is 10.2. The fraction of sp³-hybridized carbons (Fsp3) is 0.444. The average molecular weight is 278 g/mol. The zero-order valence-electron chi connectivity index (χ0n) is 8.09. The molecule has 78 valence electrons. The zero-order chi connectivity index (χ0) is 10.6. The summed E-state index contributed by atoms with van der Waals surface area (Å²) < 4.78 is 5.04. The molecule has 1 N–H and O–H groups in total. The first kappa shape index (κ1) is 11.7. The molecular weight excluding hydrogens is 266 g/mol. The van der Waals surface area contributed by atoms with E-state index in [9.17, 15) is 4.79 Å². The summed E-state index contributed by atoms with van der Waals surface area (Å²) in [5, 5.41) is 5.16. The van der Waals surface area contributed by atoms with E-state index in [1.807, 2.05) is 12.3 Å². The summed E-state index contributed by atoms with van der Waals surface area (Å²) in [6.07, 6.45) is 0. The molecule has 0 atom stereocenters. The standard InChI is InChI=1S/C9H12BrNO2S/c1-6-5-14-7(4-13-2)9(6)11-8(12)3-10/h5H,3-4H2,1-2H3,(H,11,12). The van der Waals surface area contributed by atoms with Gasteiger partial charge < -0.3 is 10.1 Å². The van der Waals surface area contributed by atoms with Crippen LogP contribution in [0.1, 0.15) is 10.4 Å². The Bertz CT molecular complexity index is 325. The van der Waals surface area contributed by atoms with Crippen molar-refractivity contribution in [2.45, 2.75) is 13.5 Å². The van der Waals surface area contributed by atoms with Gasteiger partial charge in [0.2, 0.25) is 5.91 Å². The molecule has 1 aromatic heterocycles. The lowest BCUT2D eigenvalue weighted by atomic mass is 10.2. The molecule has 0 bridgehead atoms. The van der Waals surface area contributed by atoms with Crippen molar-refractivity contribution < 1.29 is 9.53 Å². The van der Waals surface area contributed by atoms with Crippen LogP contribution in [0.25, 0.3) is 0 Å². The third-order valence-electron chi connectivity index (χ3n) is 1.71. The number of hydrogen-bond donors (Lipinski definition) is 1. The van der Waals surface area contributed by atoms with Crippen LogP contribution in [0.15, 0.2) is 5.38 Å². The highest BCUT2D eigenvalue weighted by molar-refractivity contribution is 9.09. The molecule has 0 fully saturated rings. The van der Waals surface area contributed by atoms with Crippen molar-refractivity contribution in [3.63, 3.8) is 0 Å². The van der Waals surface area contributed by atoms with E-state index in [0.717, 1.165) is 16.1 Å². The number of rotatable bonds is 4. The van der Waals surface area contributed by atoms with Crippen LogP contribution >= 0.6 is 27.3 Å². The van der Waals surface area contributed by atoms with Gasteiger partial charge in [-0.15, -0.1) is 11.3 Å². The van der Waals surface area contributed by atoms with Gasteiger partial charge in [0.25, 0.3) is 0 Å². The molecule has 1 heterocycles. The molecular formula is C9H12BrNO2S. The van der Waals surface area contributed by atoms with Crippen molar-refractivity contribution in [2.75, 3.05) is 17.8 Å². The minimum atomic E-state index is -0.0381. The molecule has 0 radical (unpaired) electrons. The number of anilines is 1. The van der Waals surface area contributed by atoms with Crippen LogP contribution in [0.4, 0.5) is 5.69 Å². The van der Waals surface area contributed by atoms with Crippen LogP contribution in [0.5, 0.6) is 0 Å². The number of nitrogens with one attached hydrogen (secondary N) is 1. The van der Waals surface area contributed by atoms with Gasteiger partial charge in [-0.25, -0.2) is 0 Å². The number of alkyl halides is 1. The number of carbonyl (C=O) groups is 1. The highest BCUT2D eigenvalue weighted by atomic mass is 79.9. The predicted octanol–water partition coefficient (Wildman–Crippen LogP) is 2.54. The van der Waals surface area contributed by atoms with Gasteiger partial charge in [0, 0.05) is 7.11 Å². The Morgan fingerprint density at radius 2 is 2.43 bits per heavy atom. The molecule has 0 aliphatic heterocycles. The van der Waals surface area contributed by atoms with Crippen molar-refractivity contribution in [3.8, 4) is 0 Å². The maximum Gasteiger partial charge on any atom is 0.235 e. The molecule has 5 heteroatoms. The molecule has 14 heavy (non-hydrogen) atoms. The van der Waals surface area contributed by atoms with Gasteiger partial charge in [-0.1, -0.05) is 15.9 Å². The molecule has 1 amide bonds. The minimum Gasteiger partial charge on any atom is -0.379 e. The number of thiophene rings is 1. The zero-order valence-corrected chi connectivity index (χ0v) is 10.5. The van der Waals surface area contributed by atoms with Gasteiger partial charge in [0.1, 0.15) is 0 Å². The van der Waals surface area contributed by atoms with E-state index >= 15 is 0 Å². The number of aryl methyl sites for hydroxylation is 1. The molecule has 0 aliphatic rings. The first-order valence-electron chi connectivity index (χ1n) is 4.10. The first-order chi connectivity index (χ1) is 6.69. The highest BCUT2D eigenvalue weighted by Gasteiger charge is 2.10. The second-order valence-electron chi connectivity index (χ2n) is 2.83. The van der Waals surface area contributed by atoms with Crippen molar-refractivity contribution in [1.82, 2.24) is 0 Å². The van der Waals surface area contributed by atoms with Gasteiger partial charge in [-0.05, 0) is 17.9 Å². The Balaban J connectivity index is 2.82. The van der Waals surface area contributed by atoms with E-state index in [4.69, 9.17) is 4.74 Å². The highest BCUT2D eigenvalue weighted by Crippen LogP contribution is 2.28. The molecule has 3 nitrogen and oxygen atoms in total. The number of hydrogen-bond acceptors (Lipinski definition) is 3. The summed E-state index contributed by atoms with van der Waals surface area (Å²) >= 11 is 4.71. The van der Waals surface area contributed by atoms with E-state index in [1.165, 1.54) is 0 Å². The quantitative estimate of drug-likeness (QED) is 0.859. The lowest BCUT2D eigenvalue weighted by Gasteiger charge is -2.05. The molecule has 0 spiro atoms. The van der Waals surface area contributed by atoms with Crippen LogP contribution in [-0.2, 0) is 16.1 Å². The van der Waals surface area contributed by atoms with Crippen LogP contribution in [0, 0.1) is 6.92 Å². The fourth-order valence-corrected chi connectivity index (χ4v) is 2.17. The SMILES string of the molecule is COCc1scc(C)c1NC(=O)CBr. The first-order valence-corrected chi connectivity index (χ1v) is 6.11. The molecule has 0 saturated carbocycles. The van der Waals surface area contributed by atoms with E-state index in [2.05, 4.69) is 21.2 Å². The average Bonchev–Trinajstić information content (AvgIpc) is 2.50. The van der Waals surface area contributed by atoms with Crippen LogP contribution < -0.4 is 5.32 Å². The molecule has 0 saturated heterocycles. The van der Waals surface area contributed by atoms with E-state index < -0.39 is 0 Å².